The number of aliphatic hydroxyl groups excluding tert-OH is 2. The van der Waals surface area contributed by atoms with Crippen LogP contribution in [-0.2, 0) is 4.79 Å². The molecular weight excluding hydrogens is 260 g/mol. The summed E-state index contributed by atoms with van der Waals surface area (Å²) in [6, 6.07) is 6.51. The summed E-state index contributed by atoms with van der Waals surface area (Å²) in [6.07, 6.45) is 1.19. The van der Waals surface area contributed by atoms with Gasteiger partial charge in [0.2, 0.25) is 11.8 Å². The zero-order valence-electron chi connectivity index (χ0n) is 10.8. The lowest BCUT2D eigenvalue weighted by molar-refractivity contribution is -0.125. The SMILES string of the molecule is NC(=O)c1ccc(C=CC(=O)N2C[C@@H](O)[C@@H](O)C2)cc1. The van der Waals surface area contributed by atoms with E-state index >= 15 is 0 Å². The third-order valence-electron chi connectivity index (χ3n) is 3.18. The lowest BCUT2D eigenvalue weighted by Crippen LogP contribution is -2.27. The van der Waals surface area contributed by atoms with Gasteiger partial charge in [-0.15, -0.1) is 0 Å². The predicted molar refractivity (Wildman–Crippen MR) is 72.6 cm³/mol. The molecule has 0 unspecified atom stereocenters. The number of carbonyl (C=O) groups excluding carboxylic acids is 2. The van der Waals surface area contributed by atoms with Crippen LogP contribution in [0.4, 0.5) is 0 Å². The number of nitrogens with two attached hydrogens (primary N) is 1. The van der Waals surface area contributed by atoms with E-state index in [1.54, 1.807) is 30.3 Å². The van der Waals surface area contributed by atoms with Crippen molar-refractivity contribution >= 4 is 17.9 Å². The third-order valence-corrected chi connectivity index (χ3v) is 3.18. The predicted octanol–water partition coefficient (Wildman–Crippen LogP) is -0.637. The van der Waals surface area contributed by atoms with Crippen LogP contribution < -0.4 is 5.73 Å². The van der Waals surface area contributed by atoms with E-state index in [-0.39, 0.29) is 19.0 Å². The second kappa shape index (κ2) is 5.85. The highest BCUT2D eigenvalue weighted by atomic mass is 16.3. The molecule has 20 heavy (non-hydrogen) atoms. The van der Waals surface area contributed by atoms with Crippen molar-refractivity contribution in [2.75, 3.05) is 13.1 Å². The molecule has 0 radical (unpaired) electrons. The number of primary amides is 1. The monoisotopic (exact) mass is 276 g/mol. The van der Waals surface area contributed by atoms with Gasteiger partial charge in [0.15, 0.2) is 0 Å². The summed E-state index contributed by atoms with van der Waals surface area (Å²) in [5, 5.41) is 18.7. The van der Waals surface area contributed by atoms with Crippen LogP contribution in [0.15, 0.2) is 30.3 Å². The Balaban J connectivity index is 1.99. The summed E-state index contributed by atoms with van der Waals surface area (Å²) in [5.41, 5.74) is 6.29. The number of rotatable bonds is 3. The molecule has 0 saturated carbocycles. The Bertz CT molecular complexity index is 529. The second-order valence-corrected chi connectivity index (χ2v) is 4.70. The van der Waals surface area contributed by atoms with Crippen LogP contribution in [-0.4, -0.2) is 52.2 Å². The minimum absolute atomic E-state index is 0.130. The van der Waals surface area contributed by atoms with E-state index in [2.05, 4.69) is 0 Å². The lowest BCUT2D eigenvalue weighted by atomic mass is 10.1. The largest absolute Gasteiger partial charge is 0.388 e. The Morgan fingerprint density at radius 1 is 1.15 bits per heavy atom. The Labute approximate surface area is 116 Å². The van der Waals surface area contributed by atoms with Gasteiger partial charge in [-0.3, -0.25) is 9.59 Å². The summed E-state index contributed by atoms with van der Waals surface area (Å²) in [5.74, 6) is -0.781. The van der Waals surface area contributed by atoms with Gasteiger partial charge in [0, 0.05) is 24.7 Å². The van der Waals surface area contributed by atoms with E-state index in [0.717, 1.165) is 5.56 Å². The Kier molecular flexibility index (Phi) is 4.16. The fraction of sp³-hybridized carbons (Fsp3) is 0.286. The van der Waals surface area contributed by atoms with Gasteiger partial charge in [0.1, 0.15) is 0 Å². The van der Waals surface area contributed by atoms with E-state index < -0.39 is 18.1 Å². The van der Waals surface area contributed by atoms with Gasteiger partial charge >= 0.3 is 0 Å². The summed E-state index contributed by atoms with van der Waals surface area (Å²) in [7, 11) is 0. The molecule has 6 nitrogen and oxygen atoms in total. The van der Waals surface area contributed by atoms with Crippen molar-refractivity contribution in [3.05, 3.63) is 41.5 Å². The molecular formula is C14H16N2O4. The van der Waals surface area contributed by atoms with Crippen molar-refractivity contribution < 1.29 is 19.8 Å². The van der Waals surface area contributed by atoms with Crippen LogP contribution in [0, 0.1) is 0 Å². The van der Waals surface area contributed by atoms with E-state index in [0.29, 0.717) is 5.56 Å². The van der Waals surface area contributed by atoms with E-state index in [1.807, 2.05) is 0 Å². The number of β-amino-alcohol motifs (C(OH)–C–C–N with tert-alkyl or cyclic N) is 2. The number of aliphatic hydroxyl groups is 2. The van der Waals surface area contributed by atoms with Crippen LogP contribution in [0.25, 0.3) is 6.08 Å². The van der Waals surface area contributed by atoms with E-state index in [1.165, 1.54) is 11.0 Å². The number of likely N-dealkylation sites (tertiary alicyclic amines) is 1. The molecule has 0 spiro atoms. The zero-order valence-corrected chi connectivity index (χ0v) is 10.8. The van der Waals surface area contributed by atoms with Gasteiger partial charge in [-0.1, -0.05) is 12.1 Å². The fourth-order valence-corrected chi connectivity index (χ4v) is 1.98. The highest BCUT2D eigenvalue weighted by Gasteiger charge is 2.31. The highest BCUT2D eigenvalue weighted by molar-refractivity contribution is 5.94. The average Bonchev–Trinajstić information content (AvgIpc) is 2.76. The van der Waals surface area contributed by atoms with E-state index in [9.17, 15) is 19.8 Å². The molecule has 106 valence electrons. The lowest BCUT2D eigenvalue weighted by Gasteiger charge is -2.12. The topological polar surface area (TPSA) is 104 Å². The molecule has 1 saturated heterocycles. The molecule has 1 aromatic carbocycles. The molecule has 1 heterocycles. The molecule has 1 fully saturated rings. The highest BCUT2D eigenvalue weighted by Crippen LogP contribution is 2.11. The number of benzene rings is 1. The molecule has 2 rings (SSSR count). The molecule has 4 N–H and O–H groups in total. The standard InChI is InChI=1S/C14H16N2O4/c15-14(20)10-4-1-9(2-5-10)3-6-13(19)16-7-11(17)12(18)8-16/h1-6,11-12,17-18H,7-8H2,(H2,15,20)/t11-,12+. The minimum Gasteiger partial charge on any atom is -0.388 e. The first-order valence-corrected chi connectivity index (χ1v) is 6.20. The maximum absolute atomic E-state index is 11.8. The second-order valence-electron chi connectivity index (χ2n) is 4.70. The molecule has 6 heteroatoms. The number of nitrogens with zero attached hydrogens (tertiary/aromatic N) is 1. The first kappa shape index (κ1) is 14.2. The Morgan fingerprint density at radius 3 is 2.20 bits per heavy atom. The Hall–Kier alpha value is -2.18. The normalized spacial score (nSPS) is 22.4. The van der Waals surface area contributed by atoms with Crippen LogP contribution in [0.1, 0.15) is 15.9 Å². The molecule has 0 aliphatic carbocycles. The van der Waals surface area contributed by atoms with Crippen LogP contribution in [0.2, 0.25) is 0 Å². The number of hydrogen-bond acceptors (Lipinski definition) is 4. The van der Waals surface area contributed by atoms with Crippen molar-refractivity contribution in [1.82, 2.24) is 4.90 Å². The summed E-state index contributed by atoms with van der Waals surface area (Å²) >= 11 is 0. The fourth-order valence-electron chi connectivity index (χ4n) is 1.98. The van der Waals surface area contributed by atoms with Crippen molar-refractivity contribution in [1.29, 1.82) is 0 Å². The zero-order chi connectivity index (χ0) is 14.7. The number of carbonyl (C=O) groups is 2. The number of hydrogen-bond donors (Lipinski definition) is 3. The average molecular weight is 276 g/mol. The maximum atomic E-state index is 11.8. The number of amides is 2. The van der Waals surface area contributed by atoms with E-state index in [4.69, 9.17) is 5.73 Å². The molecule has 1 aliphatic heterocycles. The van der Waals surface area contributed by atoms with Crippen LogP contribution >= 0.6 is 0 Å². The van der Waals surface area contributed by atoms with Crippen molar-refractivity contribution in [3.63, 3.8) is 0 Å². The quantitative estimate of drug-likeness (QED) is 0.639. The van der Waals surface area contributed by atoms with Crippen LogP contribution in [0.3, 0.4) is 0 Å². The summed E-state index contributed by atoms with van der Waals surface area (Å²) < 4.78 is 0. The Morgan fingerprint density at radius 2 is 1.70 bits per heavy atom. The van der Waals surface area contributed by atoms with Gasteiger partial charge in [-0.25, -0.2) is 0 Å². The smallest absolute Gasteiger partial charge is 0.248 e. The van der Waals surface area contributed by atoms with Gasteiger partial charge in [0.05, 0.1) is 12.2 Å². The van der Waals surface area contributed by atoms with Gasteiger partial charge < -0.3 is 20.8 Å². The maximum Gasteiger partial charge on any atom is 0.248 e. The van der Waals surface area contributed by atoms with Crippen molar-refractivity contribution in [2.24, 2.45) is 5.73 Å². The first-order chi connectivity index (χ1) is 9.47. The molecule has 1 aliphatic rings. The molecule has 0 aromatic heterocycles. The van der Waals surface area contributed by atoms with Crippen molar-refractivity contribution in [2.45, 2.75) is 12.2 Å². The van der Waals surface area contributed by atoms with Gasteiger partial charge in [-0.05, 0) is 23.8 Å². The van der Waals surface area contributed by atoms with Gasteiger partial charge in [-0.2, -0.15) is 0 Å². The third kappa shape index (κ3) is 3.23. The van der Waals surface area contributed by atoms with Crippen molar-refractivity contribution in [3.8, 4) is 0 Å². The molecule has 2 amide bonds. The molecule has 1 aromatic rings. The molecule has 0 bridgehead atoms. The summed E-state index contributed by atoms with van der Waals surface area (Å²) in [6.45, 7) is 0.260. The van der Waals surface area contributed by atoms with Crippen LogP contribution in [0.5, 0.6) is 0 Å². The summed E-state index contributed by atoms with van der Waals surface area (Å²) in [4.78, 5) is 24.1. The minimum atomic E-state index is -0.887. The molecule has 2 atom stereocenters. The van der Waals surface area contributed by atoms with Gasteiger partial charge in [0.25, 0.3) is 0 Å². The first-order valence-electron chi connectivity index (χ1n) is 6.20.